The van der Waals surface area contributed by atoms with Gasteiger partial charge in [-0.05, 0) is 54.8 Å². The number of rotatable bonds is 8. The van der Waals surface area contributed by atoms with E-state index < -0.39 is 0 Å². The molecule has 0 amide bonds. The minimum absolute atomic E-state index is 0.256. The van der Waals surface area contributed by atoms with E-state index in [1.165, 1.54) is 19.3 Å². The molecule has 5 heteroatoms. The molecular formula is C29H62O5. The van der Waals surface area contributed by atoms with Crippen LogP contribution in [0.5, 0.6) is 0 Å². The van der Waals surface area contributed by atoms with Crippen LogP contribution in [0.1, 0.15) is 94.9 Å². The van der Waals surface area contributed by atoms with Crippen molar-refractivity contribution in [2.75, 3.05) is 60.7 Å². The van der Waals surface area contributed by atoms with Crippen molar-refractivity contribution in [2.24, 2.45) is 34.5 Å². The fourth-order valence-corrected chi connectivity index (χ4v) is 3.62. The van der Waals surface area contributed by atoms with Gasteiger partial charge in [0.05, 0.1) is 13.2 Å². The maximum Gasteiger partial charge on any atom is 0.146 e. The van der Waals surface area contributed by atoms with E-state index in [1.807, 2.05) is 0 Å². The van der Waals surface area contributed by atoms with Crippen LogP contribution < -0.4 is 0 Å². The molecule has 0 aromatic heterocycles. The van der Waals surface area contributed by atoms with Gasteiger partial charge in [-0.15, -0.1) is 0 Å². The predicted octanol–water partition coefficient (Wildman–Crippen LogP) is 7.47. The number of hydrogen-bond acceptors (Lipinski definition) is 5. The van der Waals surface area contributed by atoms with E-state index in [9.17, 15) is 0 Å². The Morgan fingerprint density at radius 1 is 0.853 bits per heavy atom. The van der Waals surface area contributed by atoms with Crippen LogP contribution in [0.25, 0.3) is 0 Å². The van der Waals surface area contributed by atoms with Crippen molar-refractivity contribution >= 4 is 0 Å². The Bertz CT molecular complexity index is 417. The lowest BCUT2D eigenvalue weighted by molar-refractivity contribution is -0.163. The van der Waals surface area contributed by atoms with Gasteiger partial charge >= 0.3 is 0 Å². The molecule has 208 valence electrons. The van der Waals surface area contributed by atoms with Crippen LogP contribution in [-0.4, -0.2) is 60.7 Å². The molecule has 2 aliphatic rings. The zero-order chi connectivity index (χ0) is 26.6. The van der Waals surface area contributed by atoms with E-state index in [0.717, 1.165) is 69.7 Å². The van der Waals surface area contributed by atoms with Gasteiger partial charge in [-0.3, -0.25) is 0 Å². The van der Waals surface area contributed by atoms with Gasteiger partial charge < -0.3 is 23.7 Å². The zero-order valence-electron chi connectivity index (χ0n) is 25.1. The molecule has 34 heavy (non-hydrogen) atoms. The normalized spacial score (nSPS) is 19.7. The SMILES string of the molecule is CC(C)C1CCOC1.CC(C)CC1(C)COCOC1.COCCC(C)(C)C.COCCC(C)C. The van der Waals surface area contributed by atoms with Gasteiger partial charge in [-0.25, -0.2) is 0 Å². The highest BCUT2D eigenvalue weighted by Gasteiger charge is 2.29. The van der Waals surface area contributed by atoms with Crippen molar-refractivity contribution in [3.8, 4) is 0 Å². The summed E-state index contributed by atoms with van der Waals surface area (Å²) < 4.78 is 25.5. The van der Waals surface area contributed by atoms with E-state index in [1.54, 1.807) is 14.2 Å². The Hall–Kier alpha value is -0.200. The van der Waals surface area contributed by atoms with Crippen LogP contribution in [0.2, 0.25) is 0 Å². The minimum atomic E-state index is 0.256. The highest BCUT2D eigenvalue weighted by molar-refractivity contribution is 4.76. The van der Waals surface area contributed by atoms with Crippen LogP contribution >= 0.6 is 0 Å². The molecule has 5 nitrogen and oxygen atoms in total. The van der Waals surface area contributed by atoms with E-state index in [4.69, 9.17) is 23.7 Å². The third-order valence-corrected chi connectivity index (χ3v) is 5.83. The Morgan fingerprint density at radius 3 is 1.68 bits per heavy atom. The summed E-state index contributed by atoms with van der Waals surface area (Å²) in [6.45, 7) is 28.2. The van der Waals surface area contributed by atoms with Gasteiger partial charge in [0.2, 0.25) is 0 Å². The molecular weight excluding hydrogens is 428 g/mol. The molecule has 1 unspecified atom stereocenters. The third-order valence-electron chi connectivity index (χ3n) is 5.83. The lowest BCUT2D eigenvalue weighted by atomic mass is 9.83. The van der Waals surface area contributed by atoms with Gasteiger partial charge in [-0.2, -0.15) is 0 Å². The molecule has 0 aliphatic carbocycles. The molecule has 1 atom stereocenters. The fourth-order valence-electron chi connectivity index (χ4n) is 3.62. The molecule has 2 fully saturated rings. The topological polar surface area (TPSA) is 46.2 Å². The summed E-state index contributed by atoms with van der Waals surface area (Å²) in [5, 5.41) is 0. The summed E-state index contributed by atoms with van der Waals surface area (Å²) in [4.78, 5) is 0. The predicted molar refractivity (Wildman–Crippen MR) is 145 cm³/mol. The van der Waals surface area contributed by atoms with Gasteiger partial charge in [0, 0.05) is 46.1 Å². The molecule has 2 saturated heterocycles. The first kappa shape index (κ1) is 36.0. The fraction of sp³-hybridized carbons (Fsp3) is 1.00. The summed E-state index contributed by atoms with van der Waals surface area (Å²) in [5.74, 6) is 3.16. The third kappa shape index (κ3) is 24.9. The van der Waals surface area contributed by atoms with E-state index >= 15 is 0 Å². The van der Waals surface area contributed by atoms with E-state index in [2.05, 4.69) is 69.2 Å². The Morgan fingerprint density at radius 2 is 1.41 bits per heavy atom. The highest BCUT2D eigenvalue weighted by atomic mass is 16.7. The first-order valence-electron chi connectivity index (χ1n) is 13.5. The molecule has 0 N–H and O–H groups in total. The van der Waals surface area contributed by atoms with Gasteiger partial charge in [0.25, 0.3) is 0 Å². The van der Waals surface area contributed by atoms with Crippen LogP contribution in [-0.2, 0) is 23.7 Å². The summed E-state index contributed by atoms with van der Waals surface area (Å²) in [6, 6.07) is 0. The molecule has 0 radical (unpaired) electrons. The highest BCUT2D eigenvalue weighted by Crippen LogP contribution is 2.29. The Balaban J connectivity index is 0. The summed E-state index contributed by atoms with van der Waals surface area (Å²) in [7, 11) is 3.48. The summed E-state index contributed by atoms with van der Waals surface area (Å²) in [5.41, 5.74) is 0.683. The maximum atomic E-state index is 5.26. The molecule has 0 bridgehead atoms. The second-order valence-electron chi connectivity index (χ2n) is 12.6. The summed E-state index contributed by atoms with van der Waals surface area (Å²) in [6.07, 6.45) is 4.78. The first-order valence-corrected chi connectivity index (χ1v) is 13.5. The maximum absolute atomic E-state index is 5.26. The van der Waals surface area contributed by atoms with Gasteiger partial charge in [-0.1, -0.05) is 69.2 Å². The Kier molecular flexibility index (Phi) is 22.1. The van der Waals surface area contributed by atoms with Crippen molar-refractivity contribution in [1.82, 2.24) is 0 Å². The van der Waals surface area contributed by atoms with Crippen molar-refractivity contribution in [3.63, 3.8) is 0 Å². The van der Waals surface area contributed by atoms with E-state index in [0.29, 0.717) is 12.2 Å². The second kappa shape index (κ2) is 20.9. The monoisotopic (exact) mass is 490 g/mol. The average Bonchev–Trinajstić information content (AvgIpc) is 3.26. The standard InChI is InChI=1S/C9H18O2.C7H14O.C7H16O.C6H14O/c1-8(2)4-9(3)5-10-7-11-6-9;1-6(2)7-3-4-8-5-7;1-7(2,3)5-6-8-4;1-6(2)4-5-7-3/h8H,4-7H2,1-3H3;6-7H,3-5H2,1-2H3;5-6H2,1-4H3;6H,4-5H2,1-3H3. The van der Waals surface area contributed by atoms with Gasteiger partial charge in [0.1, 0.15) is 6.79 Å². The van der Waals surface area contributed by atoms with E-state index in [-0.39, 0.29) is 5.41 Å². The molecule has 0 saturated carbocycles. The zero-order valence-corrected chi connectivity index (χ0v) is 25.1. The molecule has 2 aliphatic heterocycles. The number of ether oxygens (including phenoxy) is 5. The minimum Gasteiger partial charge on any atom is -0.385 e. The van der Waals surface area contributed by atoms with Crippen LogP contribution in [0.15, 0.2) is 0 Å². The van der Waals surface area contributed by atoms with Crippen LogP contribution in [0, 0.1) is 34.5 Å². The van der Waals surface area contributed by atoms with Crippen molar-refractivity contribution in [3.05, 3.63) is 0 Å². The van der Waals surface area contributed by atoms with Crippen LogP contribution in [0.3, 0.4) is 0 Å². The van der Waals surface area contributed by atoms with Crippen molar-refractivity contribution in [2.45, 2.75) is 94.9 Å². The Labute approximate surface area is 214 Å². The average molecular weight is 491 g/mol. The van der Waals surface area contributed by atoms with Crippen molar-refractivity contribution < 1.29 is 23.7 Å². The first-order chi connectivity index (χ1) is 15.8. The molecule has 0 spiro atoms. The molecule has 2 rings (SSSR count). The number of hydrogen-bond donors (Lipinski definition) is 0. The largest absolute Gasteiger partial charge is 0.385 e. The molecule has 0 aromatic rings. The van der Waals surface area contributed by atoms with Crippen molar-refractivity contribution in [1.29, 1.82) is 0 Å². The summed E-state index contributed by atoms with van der Waals surface area (Å²) >= 11 is 0. The van der Waals surface area contributed by atoms with Crippen LogP contribution in [0.4, 0.5) is 0 Å². The lowest BCUT2D eigenvalue weighted by Crippen LogP contribution is -2.35. The quantitative estimate of drug-likeness (QED) is 0.353. The smallest absolute Gasteiger partial charge is 0.146 e. The van der Waals surface area contributed by atoms with Gasteiger partial charge in [0.15, 0.2) is 0 Å². The molecule has 2 heterocycles. The molecule has 0 aromatic carbocycles. The second-order valence-corrected chi connectivity index (χ2v) is 12.6. The number of methoxy groups -OCH3 is 2. The lowest BCUT2D eigenvalue weighted by Gasteiger charge is -2.34.